The Bertz CT molecular complexity index is 518. The van der Waals surface area contributed by atoms with Crippen LogP contribution >= 0.6 is 0 Å². The number of ether oxygens (including phenoxy) is 1. The van der Waals surface area contributed by atoms with Gasteiger partial charge < -0.3 is 4.74 Å². The van der Waals surface area contributed by atoms with Crippen LogP contribution in [0.2, 0.25) is 0 Å². The largest absolute Gasteiger partial charge is 0.465 e. The van der Waals surface area contributed by atoms with E-state index >= 15 is 0 Å². The van der Waals surface area contributed by atoms with Crippen molar-refractivity contribution in [1.29, 1.82) is 0 Å². The highest BCUT2D eigenvalue weighted by molar-refractivity contribution is 5.79. The molecule has 100 valence electrons. The van der Waals surface area contributed by atoms with E-state index in [4.69, 9.17) is 4.74 Å². The maximum absolute atomic E-state index is 12.1. The minimum Gasteiger partial charge on any atom is -0.465 e. The molecule has 2 heteroatoms. The Labute approximate surface area is 114 Å². The Morgan fingerprint density at radius 2 is 2.16 bits per heavy atom. The first-order valence-corrected chi connectivity index (χ1v) is 7.12. The first kappa shape index (κ1) is 12.5. The van der Waals surface area contributed by atoms with Crippen LogP contribution in [0.25, 0.3) is 0 Å². The lowest BCUT2D eigenvalue weighted by Crippen LogP contribution is -2.28. The van der Waals surface area contributed by atoms with Crippen molar-refractivity contribution in [2.75, 3.05) is 6.61 Å². The van der Waals surface area contributed by atoms with E-state index in [9.17, 15) is 4.79 Å². The van der Waals surface area contributed by atoms with Crippen molar-refractivity contribution in [3.05, 3.63) is 47.5 Å². The van der Waals surface area contributed by atoms with Gasteiger partial charge in [0.05, 0.1) is 12.0 Å². The Kier molecular flexibility index (Phi) is 3.17. The summed E-state index contributed by atoms with van der Waals surface area (Å²) in [4.78, 5) is 12.1. The summed E-state index contributed by atoms with van der Waals surface area (Å²) in [6, 6.07) is 6.71. The second-order valence-corrected chi connectivity index (χ2v) is 5.79. The second-order valence-electron chi connectivity index (χ2n) is 5.79. The van der Waals surface area contributed by atoms with Crippen LogP contribution in [0.15, 0.2) is 30.9 Å². The SMILES string of the molecule is C=CCC1(Cc2ccc3c(c2)CCC3)CCOC1=O. The molecule has 0 radical (unpaired) electrons. The van der Waals surface area contributed by atoms with Gasteiger partial charge in [-0.15, -0.1) is 6.58 Å². The minimum atomic E-state index is -0.366. The van der Waals surface area contributed by atoms with E-state index in [2.05, 4.69) is 24.8 Å². The molecule has 19 heavy (non-hydrogen) atoms. The van der Waals surface area contributed by atoms with Crippen LogP contribution in [0.1, 0.15) is 36.0 Å². The predicted octanol–water partition coefficient (Wildman–Crippen LogP) is 3.23. The maximum atomic E-state index is 12.1. The van der Waals surface area contributed by atoms with Gasteiger partial charge in [0.25, 0.3) is 0 Å². The molecule has 1 saturated heterocycles. The first-order chi connectivity index (χ1) is 9.23. The zero-order chi connectivity index (χ0) is 13.3. The van der Waals surface area contributed by atoms with E-state index < -0.39 is 0 Å². The molecule has 1 aromatic carbocycles. The number of hydrogen-bond acceptors (Lipinski definition) is 2. The van der Waals surface area contributed by atoms with E-state index in [1.807, 2.05) is 6.08 Å². The third-order valence-electron chi connectivity index (χ3n) is 4.49. The number of aryl methyl sites for hydroxylation is 2. The number of benzene rings is 1. The highest BCUT2D eigenvalue weighted by Crippen LogP contribution is 2.38. The molecule has 1 aromatic rings. The fourth-order valence-electron chi connectivity index (χ4n) is 3.41. The van der Waals surface area contributed by atoms with Gasteiger partial charge in [0.15, 0.2) is 0 Å². The molecular formula is C17H20O2. The molecule has 0 bridgehead atoms. The van der Waals surface area contributed by atoms with Crippen LogP contribution in [0.5, 0.6) is 0 Å². The topological polar surface area (TPSA) is 26.3 Å². The van der Waals surface area contributed by atoms with Crippen molar-refractivity contribution >= 4 is 5.97 Å². The number of esters is 1. The summed E-state index contributed by atoms with van der Waals surface area (Å²) in [5.74, 6) is -0.0482. The predicted molar refractivity (Wildman–Crippen MR) is 75.0 cm³/mol. The van der Waals surface area contributed by atoms with E-state index in [0.29, 0.717) is 13.0 Å². The lowest BCUT2D eigenvalue weighted by Gasteiger charge is -2.23. The molecule has 1 unspecified atom stereocenters. The Hall–Kier alpha value is -1.57. The number of hydrogen-bond donors (Lipinski definition) is 0. The van der Waals surface area contributed by atoms with Crippen molar-refractivity contribution in [2.24, 2.45) is 5.41 Å². The average molecular weight is 256 g/mol. The Balaban J connectivity index is 1.86. The van der Waals surface area contributed by atoms with Gasteiger partial charge in [-0.1, -0.05) is 24.3 Å². The van der Waals surface area contributed by atoms with Gasteiger partial charge >= 0.3 is 5.97 Å². The number of carbonyl (C=O) groups is 1. The third-order valence-corrected chi connectivity index (χ3v) is 4.49. The van der Waals surface area contributed by atoms with Gasteiger partial charge in [-0.05, 0) is 55.2 Å². The van der Waals surface area contributed by atoms with E-state index in [0.717, 1.165) is 12.8 Å². The molecule has 0 amide bonds. The first-order valence-electron chi connectivity index (χ1n) is 7.12. The highest BCUT2D eigenvalue weighted by atomic mass is 16.5. The average Bonchev–Trinajstić information content (AvgIpc) is 2.98. The number of carbonyl (C=O) groups excluding carboxylic acids is 1. The molecule has 0 spiro atoms. The maximum Gasteiger partial charge on any atom is 0.312 e. The number of cyclic esters (lactones) is 1. The summed E-state index contributed by atoms with van der Waals surface area (Å²) in [6.45, 7) is 4.35. The van der Waals surface area contributed by atoms with Gasteiger partial charge in [0.2, 0.25) is 0 Å². The van der Waals surface area contributed by atoms with Crippen LogP contribution in [0.3, 0.4) is 0 Å². The molecule has 2 aliphatic rings. The van der Waals surface area contributed by atoms with Gasteiger partial charge in [-0.2, -0.15) is 0 Å². The second kappa shape index (κ2) is 4.84. The number of fused-ring (bicyclic) bond motifs is 1. The molecular weight excluding hydrogens is 236 g/mol. The summed E-state index contributed by atoms with van der Waals surface area (Å²) in [5, 5.41) is 0. The highest BCUT2D eigenvalue weighted by Gasteiger charge is 2.43. The quantitative estimate of drug-likeness (QED) is 0.610. The van der Waals surface area contributed by atoms with E-state index in [1.165, 1.54) is 36.0 Å². The fraction of sp³-hybridized carbons (Fsp3) is 0.471. The summed E-state index contributed by atoms with van der Waals surface area (Å²) in [5.41, 5.74) is 3.85. The van der Waals surface area contributed by atoms with Gasteiger partial charge in [-0.25, -0.2) is 0 Å². The van der Waals surface area contributed by atoms with Crippen molar-refractivity contribution in [1.82, 2.24) is 0 Å². The number of allylic oxidation sites excluding steroid dienone is 1. The summed E-state index contributed by atoms with van der Waals surface area (Å²) < 4.78 is 5.20. The number of rotatable bonds is 4. The molecule has 1 heterocycles. The monoisotopic (exact) mass is 256 g/mol. The summed E-state index contributed by atoms with van der Waals surface area (Å²) in [7, 11) is 0. The Morgan fingerprint density at radius 1 is 1.32 bits per heavy atom. The Morgan fingerprint density at radius 3 is 2.89 bits per heavy atom. The smallest absolute Gasteiger partial charge is 0.312 e. The van der Waals surface area contributed by atoms with Crippen LogP contribution in [0.4, 0.5) is 0 Å². The molecule has 0 saturated carbocycles. The molecule has 0 aromatic heterocycles. The van der Waals surface area contributed by atoms with Crippen molar-refractivity contribution < 1.29 is 9.53 Å². The molecule has 1 atom stereocenters. The third kappa shape index (κ3) is 2.20. The zero-order valence-corrected chi connectivity index (χ0v) is 11.3. The summed E-state index contributed by atoms with van der Waals surface area (Å²) in [6.07, 6.45) is 7.80. The molecule has 0 N–H and O–H groups in total. The van der Waals surface area contributed by atoms with Crippen molar-refractivity contribution in [2.45, 2.75) is 38.5 Å². The normalized spacial score (nSPS) is 25.2. The molecule has 1 aliphatic heterocycles. The fourth-order valence-corrected chi connectivity index (χ4v) is 3.41. The van der Waals surface area contributed by atoms with Crippen LogP contribution < -0.4 is 0 Å². The minimum absolute atomic E-state index is 0.0482. The van der Waals surface area contributed by atoms with E-state index in [-0.39, 0.29) is 11.4 Å². The van der Waals surface area contributed by atoms with Crippen molar-refractivity contribution in [3.8, 4) is 0 Å². The van der Waals surface area contributed by atoms with Crippen LogP contribution in [-0.2, 0) is 28.8 Å². The van der Waals surface area contributed by atoms with Crippen molar-refractivity contribution in [3.63, 3.8) is 0 Å². The van der Waals surface area contributed by atoms with Gasteiger partial charge in [0, 0.05) is 0 Å². The standard InChI is InChI=1S/C17H20O2/c1-2-8-17(9-10-19-16(17)18)12-13-6-7-14-4-3-5-15(14)11-13/h2,6-7,11H,1,3-5,8-10,12H2. The van der Waals surface area contributed by atoms with E-state index in [1.54, 1.807) is 0 Å². The summed E-state index contributed by atoms with van der Waals surface area (Å²) >= 11 is 0. The molecule has 1 aliphatic carbocycles. The lowest BCUT2D eigenvalue weighted by atomic mass is 9.77. The zero-order valence-electron chi connectivity index (χ0n) is 11.3. The van der Waals surface area contributed by atoms with Gasteiger partial charge in [0.1, 0.15) is 0 Å². The van der Waals surface area contributed by atoms with Gasteiger partial charge in [-0.3, -0.25) is 4.79 Å². The molecule has 3 rings (SSSR count). The lowest BCUT2D eigenvalue weighted by molar-refractivity contribution is -0.146. The molecule has 2 nitrogen and oxygen atoms in total. The van der Waals surface area contributed by atoms with Crippen LogP contribution in [0, 0.1) is 5.41 Å². The molecule has 1 fully saturated rings. The van der Waals surface area contributed by atoms with Crippen LogP contribution in [-0.4, -0.2) is 12.6 Å².